The first-order chi connectivity index (χ1) is 7.49. The molecule has 1 aromatic rings. The van der Waals surface area contributed by atoms with Crippen LogP contribution in [0.1, 0.15) is 11.8 Å². The maximum Gasteiger partial charge on any atom is 0.325 e. The summed E-state index contributed by atoms with van der Waals surface area (Å²) in [5, 5.41) is 10.9. The second kappa shape index (κ2) is 5.67. The van der Waals surface area contributed by atoms with E-state index in [0.29, 0.717) is 4.34 Å². The first-order valence-electron chi connectivity index (χ1n) is 4.46. The minimum absolute atomic E-state index is 0.445. The molecule has 1 atom stereocenters. The van der Waals surface area contributed by atoms with E-state index in [1.807, 2.05) is 0 Å². The quantitative estimate of drug-likeness (QED) is 0.813. The Kier molecular flexibility index (Phi) is 4.52. The number of thiophene rings is 1. The number of amides is 1. The van der Waals surface area contributed by atoms with E-state index in [0.717, 1.165) is 4.88 Å². The molecule has 0 spiro atoms. The van der Waals surface area contributed by atoms with E-state index in [4.69, 9.17) is 16.7 Å². The zero-order valence-electron chi connectivity index (χ0n) is 8.44. The molecule has 0 aliphatic rings. The summed E-state index contributed by atoms with van der Waals surface area (Å²) in [7, 11) is 0. The number of hydrogen-bond donors (Lipinski definition) is 2. The fourth-order valence-electron chi connectivity index (χ4n) is 0.899. The van der Waals surface area contributed by atoms with Gasteiger partial charge in [0.25, 0.3) is 0 Å². The average Bonchev–Trinajstić information content (AvgIpc) is 2.61. The van der Waals surface area contributed by atoms with Gasteiger partial charge in [0.1, 0.15) is 6.04 Å². The van der Waals surface area contributed by atoms with Crippen LogP contribution in [0.25, 0.3) is 6.08 Å². The van der Waals surface area contributed by atoms with E-state index in [2.05, 4.69) is 5.32 Å². The highest BCUT2D eigenvalue weighted by molar-refractivity contribution is 7.17. The Balaban J connectivity index is 2.51. The number of nitrogens with one attached hydrogen (secondary N) is 1. The van der Waals surface area contributed by atoms with Gasteiger partial charge in [-0.25, -0.2) is 0 Å². The van der Waals surface area contributed by atoms with Crippen LogP contribution >= 0.6 is 22.9 Å². The van der Waals surface area contributed by atoms with Crippen molar-refractivity contribution in [1.82, 2.24) is 5.32 Å². The molecule has 0 aromatic carbocycles. The van der Waals surface area contributed by atoms with Crippen molar-refractivity contribution in [1.29, 1.82) is 0 Å². The van der Waals surface area contributed by atoms with Crippen molar-refractivity contribution in [3.63, 3.8) is 0 Å². The number of carboxylic acids is 1. The van der Waals surface area contributed by atoms with Crippen molar-refractivity contribution in [2.75, 3.05) is 0 Å². The molecule has 0 saturated heterocycles. The number of halogens is 1. The van der Waals surface area contributed by atoms with Gasteiger partial charge in [0.15, 0.2) is 0 Å². The SMILES string of the molecule is C[C@@H](NC(=O)C=Cc1ccc(Cl)s1)C(=O)O. The van der Waals surface area contributed by atoms with Crippen LogP contribution in [0.15, 0.2) is 18.2 Å². The fraction of sp³-hybridized carbons (Fsp3) is 0.200. The second-order valence-electron chi connectivity index (χ2n) is 3.04. The Morgan fingerprint density at radius 2 is 2.25 bits per heavy atom. The number of hydrogen-bond acceptors (Lipinski definition) is 3. The average molecular weight is 260 g/mol. The Morgan fingerprint density at radius 1 is 1.56 bits per heavy atom. The Bertz CT molecular complexity index is 427. The molecule has 16 heavy (non-hydrogen) atoms. The summed E-state index contributed by atoms with van der Waals surface area (Å²) in [4.78, 5) is 22.5. The predicted molar refractivity (Wildman–Crippen MR) is 63.6 cm³/mol. The van der Waals surface area contributed by atoms with Gasteiger partial charge in [-0.1, -0.05) is 11.6 Å². The van der Waals surface area contributed by atoms with E-state index >= 15 is 0 Å². The molecule has 1 amide bonds. The molecule has 0 saturated carbocycles. The van der Waals surface area contributed by atoms with Gasteiger partial charge >= 0.3 is 5.97 Å². The van der Waals surface area contributed by atoms with Crippen LogP contribution in [0.3, 0.4) is 0 Å². The third kappa shape index (κ3) is 4.04. The topological polar surface area (TPSA) is 66.4 Å². The number of carbonyl (C=O) groups is 2. The number of aliphatic carboxylic acids is 1. The van der Waals surface area contributed by atoms with Gasteiger partial charge in [0.2, 0.25) is 5.91 Å². The molecule has 4 nitrogen and oxygen atoms in total. The molecular weight excluding hydrogens is 250 g/mol. The molecule has 1 heterocycles. The number of rotatable bonds is 4. The summed E-state index contributed by atoms with van der Waals surface area (Å²) < 4.78 is 0.638. The molecule has 0 aliphatic carbocycles. The lowest BCUT2D eigenvalue weighted by Gasteiger charge is -2.05. The monoisotopic (exact) mass is 259 g/mol. The molecule has 0 aliphatic heterocycles. The van der Waals surface area contributed by atoms with Gasteiger partial charge in [-0.3, -0.25) is 9.59 Å². The van der Waals surface area contributed by atoms with Crippen molar-refractivity contribution in [2.45, 2.75) is 13.0 Å². The lowest BCUT2D eigenvalue weighted by atomic mass is 10.3. The van der Waals surface area contributed by atoms with Gasteiger partial charge in [-0.15, -0.1) is 11.3 Å². The van der Waals surface area contributed by atoms with Crippen molar-refractivity contribution in [3.8, 4) is 0 Å². The molecule has 1 aromatic heterocycles. The normalized spacial score (nSPS) is 12.6. The third-order valence-corrected chi connectivity index (χ3v) is 2.92. The van der Waals surface area contributed by atoms with Crippen LogP contribution in [0.5, 0.6) is 0 Å². The smallest absolute Gasteiger partial charge is 0.325 e. The summed E-state index contributed by atoms with van der Waals surface area (Å²) in [5.41, 5.74) is 0. The van der Waals surface area contributed by atoms with Crippen molar-refractivity contribution in [3.05, 3.63) is 27.4 Å². The fourth-order valence-corrected chi connectivity index (χ4v) is 1.86. The van der Waals surface area contributed by atoms with E-state index in [-0.39, 0.29) is 0 Å². The molecule has 0 radical (unpaired) electrons. The van der Waals surface area contributed by atoms with Crippen LogP contribution in [0.4, 0.5) is 0 Å². The summed E-state index contributed by atoms with van der Waals surface area (Å²) in [5.74, 6) is -1.51. The first-order valence-corrected chi connectivity index (χ1v) is 5.65. The lowest BCUT2D eigenvalue weighted by molar-refractivity contribution is -0.140. The highest BCUT2D eigenvalue weighted by Gasteiger charge is 2.11. The Hall–Kier alpha value is -1.33. The summed E-state index contributed by atoms with van der Waals surface area (Å²) in [6.07, 6.45) is 2.86. The molecule has 0 bridgehead atoms. The predicted octanol–water partition coefficient (Wildman–Crippen LogP) is 2.00. The van der Waals surface area contributed by atoms with Gasteiger partial charge in [0, 0.05) is 11.0 Å². The van der Waals surface area contributed by atoms with Gasteiger partial charge in [-0.05, 0) is 25.1 Å². The number of carbonyl (C=O) groups excluding carboxylic acids is 1. The summed E-state index contributed by atoms with van der Waals surface area (Å²) in [6.45, 7) is 1.40. The van der Waals surface area contributed by atoms with E-state index in [1.165, 1.54) is 24.3 Å². The number of carboxylic acid groups (broad SMARTS) is 1. The Labute approximate surface area is 102 Å². The zero-order chi connectivity index (χ0) is 12.1. The zero-order valence-corrected chi connectivity index (χ0v) is 10.0. The first kappa shape index (κ1) is 12.7. The van der Waals surface area contributed by atoms with E-state index < -0.39 is 17.9 Å². The van der Waals surface area contributed by atoms with E-state index in [9.17, 15) is 9.59 Å². The van der Waals surface area contributed by atoms with E-state index in [1.54, 1.807) is 18.2 Å². The largest absolute Gasteiger partial charge is 0.480 e. The van der Waals surface area contributed by atoms with Gasteiger partial charge in [-0.2, -0.15) is 0 Å². The van der Waals surface area contributed by atoms with Gasteiger partial charge < -0.3 is 10.4 Å². The lowest BCUT2D eigenvalue weighted by Crippen LogP contribution is -2.37. The molecule has 2 N–H and O–H groups in total. The van der Waals surface area contributed by atoms with Crippen LogP contribution in [0.2, 0.25) is 4.34 Å². The highest BCUT2D eigenvalue weighted by atomic mass is 35.5. The molecular formula is C10H10ClNO3S. The maximum absolute atomic E-state index is 11.2. The van der Waals surface area contributed by atoms with Crippen LogP contribution < -0.4 is 5.32 Å². The Morgan fingerprint density at radius 3 is 2.75 bits per heavy atom. The second-order valence-corrected chi connectivity index (χ2v) is 4.79. The molecule has 86 valence electrons. The minimum Gasteiger partial charge on any atom is -0.480 e. The maximum atomic E-state index is 11.2. The van der Waals surface area contributed by atoms with Crippen molar-refractivity contribution >= 4 is 40.9 Å². The standard InChI is InChI=1S/C10H10ClNO3S/c1-6(10(14)15)12-9(13)5-3-7-2-4-8(11)16-7/h2-6H,1H3,(H,12,13)(H,14,15)/t6-/m1/s1. The molecule has 0 unspecified atom stereocenters. The minimum atomic E-state index is -1.07. The molecule has 1 rings (SSSR count). The van der Waals surface area contributed by atoms with Crippen LogP contribution in [-0.4, -0.2) is 23.0 Å². The summed E-state index contributed by atoms with van der Waals surface area (Å²) in [6, 6.07) is 2.60. The van der Waals surface area contributed by atoms with Crippen molar-refractivity contribution in [2.24, 2.45) is 0 Å². The molecule has 6 heteroatoms. The van der Waals surface area contributed by atoms with Crippen molar-refractivity contribution < 1.29 is 14.7 Å². The molecule has 0 fully saturated rings. The van der Waals surface area contributed by atoms with Crippen LogP contribution in [-0.2, 0) is 9.59 Å². The van der Waals surface area contributed by atoms with Crippen LogP contribution in [0, 0.1) is 0 Å². The third-order valence-electron chi connectivity index (χ3n) is 1.72. The highest BCUT2D eigenvalue weighted by Crippen LogP contribution is 2.22. The van der Waals surface area contributed by atoms with Gasteiger partial charge in [0.05, 0.1) is 4.34 Å². The summed E-state index contributed by atoms with van der Waals surface area (Å²) >= 11 is 7.05.